The van der Waals surface area contributed by atoms with Gasteiger partial charge in [0.05, 0.1) is 5.25 Å². The molecule has 1 heterocycles. The van der Waals surface area contributed by atoms with Crippen molar-refractivity contribution in [2.75, 3.05) is 0 Å². The number of sulfonamides is 1. The van der Waals surface area contributed by atoms with Crippen molar-refractivity contribution in [3.8, 4) is 11.4 Å². The van der Waals surface area contributed by atoms with Gasteiger partial charge in [0, 0.05) is 22.5 Å². The summed E-state index contributed by atoms with van der Waals surface area (Å²) in [5.74, 6) is 1.78. The molecule has 2 aromatic rings. The number of aromatic amines is 1. The fraction of sp³-hybridized carbons (Fsp3) is 0.529. The van der Waals surface area contributed by atoms with Gasteiger partial charge < -0.3 is 0 Å². The van der Waals surface area contributed by atoms with E-state index in [1.807, 2.05) is 24.3 Å². The van der Waals surface area contributed by atoms with Crippen molar-refractivity contribution in [2.24, 2.45) is 0 Å². The highest BCUT2D eigenvalue weighted by molar-refractivity contribution is 7.90. The van der Waals surface area contributed by atoms with Crippen molar-refractivity contribution < 1.29 is 8.42 Å². The molecule has 25 heavy (non-hydrogen) atoms. The average molecular weight is 383 g/mol. The monoisotopic (exact) mass is 382 g/mol. The molecule has 8 heteroatoms. The lowest BCUT2D eigenvalue weighted by atomic mass is 9.86. The number of rotatable bonds is 5. The van der Waals surface area contributed by atoms with Gasteiger partial charge in [-0.1, -0.05) is 23.7 Å². The summed E-state index contributed by atoms with van der Waals surface area (Å²) < 4.78 is 26.8. The van der Waals surface area contributed by atoms with E-state index < -0.39 is 15.3 Å². The first-order chi connectivity index (χ1) is 11.8. The zero-order chi connectivity index (χ0) is 18.0. The summed E-state index contributed by atoms with van der Waals surface area (Å²) >= 11 is 6.02. The predicted octanol–water partition coefficient (Wildman–Crippen LogP) is 3.48. The summed E-state index contributed by atoms with van der Waals surface area (Å²) in [5, 5.41) is 7.58. The maximum Gasteiger partial charge on any atom is 0.214 e. The van der Waals surface area contributed by atoms with Crippen molar-refractivity contribution in [3.63, 3.8) is 0 Å². The standard InChI is InChI=1S/C17H23ClN4O2S/c1-11(2)25(23,24)22-15-8-6-12(7-9-15)16-19-17(21-20-16)13-4-3-5-14(18)10-13/h3-5,10-12,15,22H,6-9H2,1-2H3,(H,19,20,21)/t12-,15-. The van der Waals surface area contributed by atoms with Crippen LogP contribution in [0.4, 0.5) is 0 Å². The van der Waals surface area contributed by atoms with Crippen molar-refractivity contribution in [1.29, 1.82) is 0 Å². The van der Waals surface area contributed by atoms with E-state index in [9.17, 15) is 8.42 Å². The maximum absolute atomic E-state index is 12.0. The molecule has 1 saturated carbocycles. The van der Waals surface area contributed by atoms with Gasteiger partial charge in [-0.2, -0.15) is 5.10 Å². The topological polar surface area (TPSA) is 87.7 Å². The summed E-state index contributed by atoms with van der Waals surface area (Å²) in [6.45, 7) is 3.39. The van der Waals surface area contributed by atoms with Gasteiger partial charge in [0.1, 0.15) is 5.82 Å². The molecule has 0 saturated heterocycles. The van der Waals surface area contributed by atoms with Crippen LogP contribution in [0, 0.1) is 0 Å². The lowest BCUT2D eigenvalue weighted by Gasteiger charge is -2.28. The molecule has 0 spiro atoms. The first-order valence-electron chi connectivity index (χ1n) is 8.54. The van der Waals surface area contributed by atoms with E-state index in [1.165, 1.54) is 0 Å². The van der Waals surface area contributed by atoms with Gasteiger partial charge in [-0.05, 0) is 51.7 Å². The Morgan fingerprint density at radius 3 is 2.60 bits per heavy atom. The number of nitrogens with zero attached hydrogens (tertiary/aromatic N) is 2. The molecule has 1 aromatic heterocycles. The zero-order valence-electron chi connectivity index (χ0n) is 14.4. The first-order valence-corrected chi connectivity index (χ1v) is 10.5. The summed E-state index contributed by atoms with van der Waals surface area (Å²) in [5.41, 5.74) is 0.883. The fourth-order valence-electron chi connectivity index (χ4n) is 3.07. The van der Waals surface area contributed by atoms with E-state index in [4.69, 9.17) is 11.6 Å². The molecule has 3 rings (SSSR count). The molecule has 0 amide bonds. The largest absolute Gasteiger partial charge is 0.262 e. The number of hydrogen-bond acceptors (Lipinski definition) is 4. The Morgan fingerprint density at radius 2 is 1.96 bits per heavy atom. The molecule has 0 bridgehead atoms. The van der Waals surface area contributed by atoms with Gasteiger partial charge in [0.25, 0.3) is 0 Å². The van der Waals surface area contributed by atoms with E-state index in [2.05, 4.69) is 19.9 Å². The molecule has 6 nitrogen and oxygen atoms in total. The van der Waals surface area contributed by atoms with Crippen LogP contribution in [-0.4, -0.2) is 34.9 Å². The van der Waals surface area contributed by atoms with Crippen LogP contribution in [0.15, 0.2) is 24.3 Å². The van der Waals surface area contributed by atoms with Crippen molar-refractivity contribution in [3.05, 3.63) is 35.1 Å². The molecule has 1 aromatic carbocycles. The summed E-state index contributed by atoms with van der Waals surface area (Å²) in [6, 6.07) is 7.47. The zero-order valence-corrected chi connectivity index (χ0v) is 15.9. The van der Waals surface area contributed by atoms with Gasteiger partial charge in [-0.15, -0.1) is 0 Å². The lowest BCUT2D eigenvalue weighted by Crippen LogP contribution is -2.40. The van der Waals surface area contributed by atoms with Crippen LogP contribution in [0.3, 0.4) is 0 Å². The van der Waals surface area contributed by atoms with Crippen molar-refractivity contribution in [2.45, 2.75) is 56.7 Å². The molecule has 1 aliphatic carbocycles. The molecule has 1 fully saturated rings. The smallest absolute Gasteiger partial charge is 0.214 e. The number of nitrogens with one attached hydrogen (secondary N) is 2. The molecule has 1 aliphatic rings. The van der Waals surface area contributed by atoms with E-state index in [1.54, 1.807) is 13.8 Å². The maximum atomic E-state index is 12.0. The van der Waals surface area contributed by atoms with Gasteiger partial charge in [-0.25, -0.2) is 18.1 Å². The summed E-state index contributed by atoms with van der Waals surface area (Å²) in [7, 11) is -3.21. The van der Waals surface area contributed by atoms with Crippen LogP contribution in [-0.2, 0) is 10.0 Å². The van der Waals surface area contributed by atoms with Crippen LogP contribution in [0.2, 0.25) is 5.02 Å². The van der Waals surface area contributed by atoms with E-state index in [0.717, 1.165) is 37.1 Å². The minimum absolute atomic E-state index is 0.0129. The number of benzene rings is 1. The average Bonchev–Trinajstić information content (AvgIpc) is 3.05. The fourth-order valence-corrected chi connectivity index (χ4v) is 4.23. The molecule has 136 valence electrons. The van der Waals surface area contributed by atoms with E-state index in [-0.39, 0.29) is 12.0 Å². The molecular weight excluding hydrogens is 360 g/mol. The Morgan fingerprint density at radius 1 is 1.24 bits per heavy atom. The molecular formula is C17H23ClN4O2S. The minimum Gasteiger partial charge on any atom is -0.262 e. The number of halogens is 1. The third-order valence-electron chi connectivity index (χ3n) is 4.65. The normalized spacial score (nSPS) is 21.6. The highest BCUT2D eigenvalue weighted by Gasteiger charge is 2.28. The first kappa shape index (κ1) is 18.4. The van der Waals surface area contributed by atoms with Gasteiger partial charge >= 0.3 is 0 Å². The van der Waals surface area contributed by atoms with E-state index >= 15 is 0 Å². The Bertz CT molecular complexity index is 827. The van der Waals surface area contributed by atoms with E-state index in [0.29, 0.717) is 10.8 Å². The van der Waals surface area contributed by atoms with Gasteiger partial charge in [0.15, 0.2) is 5.82 Å². The Hall–Kier alpha value is -1.44. The van der Waals surface area contributed by atoms with Crippen LogP contribution in [0.1, 0.15) is 51.3 Å². The molecule has 0 radical (unpaired) electrons. The van der Waals surface area contributed by atoms with Crippen molar-refractivity contribution in [1.82, 2.24) is 19.9 Å². The highest BCUT2D eigenvalue weighted by atomic mass is 35.5. The minimum atomic E-state index is -3.21. The summed E-state index contributed by atoms with van der Waals surface area (Å²) in [6.07, 6.45) is 3.39. The Labute approximate surface area is 153 Å². The van der Waals surface area contributed by atoms with Crippen LogP contribution < -0.4 is 4.72 Å². The quantitative estimate of drug-likeness (QED) is 0.828. The van der Waals surface area contributed by atoms with Crippen LogP contribution in [0.25, 0.3) is 11.4 Å². The lowest BCUT2D eigenvalue weighted by molar-refractivity contribution is 0.365. The number of hydrogen-bond donors (Lipinski definition) is 2. The SMILES string of the molecule is CC(C)S(=O)(=O)N[C@H]1CC[C@H](c2nc(-c3cccc(Cl)c3)n[nH]2)CC1. The van der Waals surface area contributed by atoms with Gasteiger partial charge in [-0.3, -0.25) is 5.10 Å². The second-order valence-corrected chi connectivity index (χ2v) is 9.52. The van der Waals surface area contributed by atoms with Crippen molar-refractivity contribution >= 4 is 21.6 Å². The number of H-pyrrole nitrogens is 1. The predicted molar refractivity (Wildman–Crippen MR) is 99.0 cm³/mol. The third-order valence-corrected chi connectivity index (χ3v) is 6.79. The van der Waals surface area contributed by atoms with Crippen LogP contribution >= 0.6 is 11.6 Å². The van der Waals surface area contributed by atoms with Gasteiger partial charge in [0.2, 0.25) is 10.0 Å². The second kappa shape index (κ2) is 7.43. The number of aromatic nitrogens is 3. The second-order valence-electron chi connectivity index (χ2n) is 6.81. The highest BCUT2D eigenvalue weighted by Crippen LogP contribution is 2.32. The van der Waals surface area contributed by atoms with Crippen LogP contribution in [0.5, 0.6) is 0 Å². The Kier molecular flexibility index (Phi) is 5.46. The third kappa shape index (κ3) is 4.40. The Balaban J connectivity index is 1.62. The summed E-state index contributed by atoms with van der Waals surface area (Å²) in [4.78, 5) is 4.61. The molecule has 0 unspecified atom stereocenters. The molecule has 0 atom stereocenters. The molecule has 2 N–H and O–H groups in total. The molecule has 0 aliphatic heterocycles.